The van der Waals surface area contributed by atoms with Crippen molar-refractivity contribution in [3.05, 3.63) is 41.0 Å². The molecular formula is C22H30ClN5O3. The summed E-state index contributed by atoms with van der Waals surface area (Å²) in [7, 11) is 2.07. The molecule has 3 N–H and O–H groups in total. The number of hydrogen-bond donors (Lipinski definition) is 2. The van der Waals surface area contributed by atoms with Crippen LogP contribution in [0.2, 0.25) is 5.02 Å². The number of carbonyl (C=O) groups excluding carboxylic acids is 1. The van der Waals surface area contributed by atoms with E-state index in [0.29, 0.717) is 23.7 Å². The highest BCUT2D eigenvalue weighted by atomic mass is 35.5. The number of rotatable bonds is 3. The van der Waals surface area contributed by atoms with E-state index >= 15 is 0 Å². The number of nitrogen functional groups attached to an aromatic ring is 1. The SMILES string of the molecule is CN1CCN(C(=O)Cc2ccc(-c3nc(N)ncc3Cl)cc2)CC1.OC1CCCOC1. The molecule has 9 heteroatoms. The van der Waals surface area contributed by atoms with Crippen LogP contribution in [0.4, 0.5) is 5.95 Å². The van der Waals surface area contributed by atoms with E-state index in [1.165, 1.54) is 6.20 Å². The number of piperazine rings is 1. The molecule has 2 saturated heterocycles. The largest absolute Gasteiger partial charge is 0.391 e. The second-order valence-electron chi connectivity index (χ2n) is 7.85. The fourth-order valence-electron chi connectivity index (χ4n) is 3.43. The first-order valence-corrected chi connectivity index (χ1v) is 10.9. The van der Waals surface area contributed by atoms with Gasteiger partial charge in [0.1, 0.15) is 0 Å². The number of aliphatic hydroxyl groups is 1. The summed E-state index contributed by atoms with van der Waals surface area (Å²) in [6.07, 6.45) is 3.64. The summed E-state index contributed by atoms with van der Waals surface area (Å²) < 4.78 is 4.93. The molecule has 0 radical (unpaired) electrons. The average molecular weight is 448 g/mol. The number of anilines is 1. The second-order valence-corrected chi connectivity index (χ2v) is 8.26. The predicted octanol–water partition coefficient (Wildman–Crippen LogP) is 1.85. The number of aliphatic hydroxyl groups excluding tert-OH is 1. The van der Waals surface area contributed by atoms with Gasteiger partial charge in [0.15, 0.2) is 0 Å². The van der Waals surface area contributed by atoms with E-state index in [2.05, 4.69) is 21.9 Å². The Morgan fingerprint density at radius 1 is 1.26 bits per heavy atom. The molecule has 1 aromatic heterocycles. The van der Waals surface area contributed by atoms with Crippen molar-refractivity contribution < 1.29 is 14.6 Å². The summed E-state index contributed by atoms with van der Waals surface area (Å²) in [5.74, 6) is 0.351. The Morgan fingerprint density at radius 2 is 1.97 bits per heavy atom. The molecule has 2 aliphatic heterocycles. The van der Waals surface area contributed by atoms with Gasteiger partial charge in [-0.3, -0.25) is 4.79 Å². The summed E-state index contributed by atoms with van der Waals surface area (Å²) in [6, 6.07) is 7.66. The number of nitrogens with zero attached hydrogens (tertiary/aromatic N) is 4. The summed E-state index contributed by atoms with van der Waals surface area (Å²) in [4.78, 5) is 24.6. The molecule has 2 aromatic rings. The highest BCUT2D eigenvalue weighted by molar-refractivity contribution is 6.32. The number of ether oxygens (including phenoxy) is 1. The Bertz CT molecular complexity index is 851. The summed E-state index contributed by atoms with van der Waals surface area (Å²) >= 11 is 6.12. The van der Waals surface area contributed by atoms with Gasteiger partial charge >= 0.3 is 0 Å². The second kappa shape index (κ2) is 11.4. The number of hydrogen-bond acceptors (Lipinski definition) is 7. The van der Waals surface area contributed by atoms with Crippen molar-refractivity contribution in [3.63, 3.8) is 0 Å². The molecule has 2 fully saturated rings. The van der Waals surface area contributed by atoms with Gasteiger partial charge in [-0.15, -0.1) is 0 Å². The maximum atomic E-state index is 12.4. The summed E-state index contributed by atoms with van der Waals surface area (Å²) in [5.41, 5.74) is 8.04. The maximum Gasteiger partial charge on any atom is 0.227 e. The lowest BCUT2D eigenvalue weighted by Crippen LogP contribution is -2.47. The topological polar surface area (TPSA) is 105 Å². The lowest BCUT2D eigenvalue weighted by Gasteiger charge is -2.32. The van der Waals surface area contributed by atoms with Gasteiger partial charge < -0.3 is 25.4 Å². The molecule has 3 heterocycles. The molecule has 0 aliphatic carbocycles. The molecule has 4 rings (SSSR count). The van der Waals surface area contributed by atoms with Gasteiger partial charge in [0.2, 0.25) is 11.9 Å². The van der Waals surface area contributed by atoms with Crippen LogP contribution in [-0.2, 0) is 16.0 Å². The van der Waals surface area contributed by atoms with Crippen molar-refractivity contribution in [3.8, 4) is 11.3 Å². The molecule has 1 unspecified atom stereocenters. The van der Waals surface area contributed by atoms with Crippen LogP contribution in [-0.4, -0.2) is 83.3 Å². The zero-order valence-electron chi connectivity index (χ0n) is 17.8. The van der Waals surface area contributed by atoms with Crippen LogP contribution in [0, 0.1) is 0 Å². The van der Waals surface area contributed by atoms with E-state index in [0.717, 1.165) is 56.8 Å². The first-order chi connectivity index (χ1) is 14.9. The molecule has 168 valence electrons. The Morgan fingerprint density at radius 3 is 2.55 bits per heavy atom. The van der Waals surface area contributed by atoms with E-state index in [1.54, 1.807) is 0 Å². The Hall–Kier alpha value is -2.26. The number of halogens is 1. The van der Waals surface area contributed by atoms with Gasteiger partial charge in [-0.2, -0.15) is 0 Å². The number of aromatic nitrogens is 2. The van der Waals surface area contributed by atoms with Crippen LogP contribution in [0.5, 0.6) is 0 Å². The first-order valence-electron chi connectivity index (χ1n) is 10.5. The van der Waals surface area contributed by atoms with E-state index < -0.39 is 0 Å². The lowest BCUT2D eigenvalue weighted by atomic mass is 10.1. The van der Waals surface area contributed by atoms with Crippen molar-refractivity contribution in [1.29, 1.82) is 0 Å². The molecule has 1 amide bonds. The zero-order chi connectivity index (χ0) is 22.2. The standard InChI is InChI=1S/C17H20ClN5O.C5H10O2/c1-22-6-8-23(9-7-22)15(24)10-12-2-4-13(5-3-12)16-14(18)11-20-17(19)21-16;6-5-2-1-3-7-4-5/h2-5,11H,6-10H2,1H3,(H2,19,20,21);5-6H,1-4H2. The third kappa shape index (κ3) is 7.14. The number of likely N-dealkylation sites (N-methyl/N-ethyl adjacent to an activating group) is 1. The third-order valence-electron chi connectivity index (χ3n) is 5.34. The van der Waals surface area contributed by atoms with Crippen molar-refractivity contribution >= 4 is 23.5 Å². The van der Waals surface area contributed by atoms with E-state index in [4.69, 9.17) is 27.2 Å². The first kappa shape index (κ1) is 23.4. The quantitative estimate of drug-likeness (QED) is 0.739. The van der Waals surface area contributed by atoms with Gasteiger partial charge in [0.05, 0.1) is 36.0 Å². The lowest BCUT2D eigenvalue weighted by molar-refractivity contribution is -0.132. The number of amides is 1. The van der Waals surface area contributed by atoms with Crippen LogP contribution in [0.3, 0.4) is 0 Å². The molecule has 0 saturated carbocycles. The molecule has 31 heavy (non-hydrogen) atoms. The third-order valence-corrected chi connectivity index (χ3v) is 5.61. The summed E-state index contributed by atoms with van der Waals surface area (Å²) in [5, 5.41) is 9.23. The van der Waals surface area contributed by atoms with Gasteiger partial charge in [-0.25, -0.2) is 9.97 Å². The normalized spacial score (nSPS) is 19.5. The molecule has 1 aromatic carbocycles. The highest BCUT2D eigenvalue weighted by Crippen LogP contribution is 2.26. The molecule has 0 bridgehead atoms. The average Bonchev–Trinajstić information content (AvgIpc) is 2.77. The van der Waals surface area contributed by atoms with Crippen molar-refractivity contribution in [2.24, 2.45) is 0 Å². The Kier molecular flexibility index (Phi) is 8.60. The van der Waals surface area contributed by atoms with Crippen molar-refractivity contribution in [1.82, 2.24) is 19.8 Å². The molecular weight excluding hydrogens is 418 g/mol. The smallest absolute Gasteiger partial charge is 0.227 e. The van der Waals surface area contributed by atoms with Gasteiger partial charge in [0.25, 0.3) is 0 Å². The minimum absolute atomic E-state index is 0.167. The van der Waals surface area contributed by atoms with Gasteiger partial charge in [0, 0.05) is 38.3 Å². The van der Waals surface area contributed by atoms with Gasteiger partial charge in [-0.05, 0) is 25.5 Å². The van der Waals surface area contributed by atoms with Crippen LogP contribution in [0.15, 0.2) is 30.5 Å². The molecule has 1 atom stereocenters. The van der Waals surface area contributed by atoms with E-state index in [9.17, 15) is 4.79 Å². The maximum absolute atomic E-state index is 12.4. The van der Waals surface area contributed by atoms with E-state index in [-0.39, 0.29) is 18.0 Å². The Labute approximate surface area is 188 Å². The minimum Gasteiger partial charge on any atom is -0.391 e. The molecule has 8 nitrogen and oxygen atoms in total. The predicted molar refractivity (Wildman–Crippen MR) is 121 cm³/mol. The van der Waals surface area contributed by atoms with Crippen LogP contribution in [0.1, 0.15) is 18.4 Å². The fourth-order valence-corrected chi connectivity index (χ4v) is 3.63. The van der Waals surface area contributed by atoms with Crippen molar-refractivity contribution in [2.45, 2.75) is 25.4 Å². The van der Waals surface area contributed by atoms with Crippen molar-refractivity contribution in [2.75, 3.05) is 52.2 Å². The minimum atomic E-state index is -0.186. The van der Waals surface area contributed by atoms with E-state index in [1.807, 2.05) is 29.2 Å². The number of benzene rings is 1. The van der Waals surface area contributed by atoms with Crippen LogP contribution < -0.4 is 5.73 Å². The zero-order valence-corrected chi connectivity index (χ0v) is 18.6. The molecule has 0 spiro atoms. The number of carbonyl (C=O) groups is 1. The Balaban J connectivity index is 0.000000330. The fraction of sp³-hybridized carbons (Fsp3) is 0.500. The summed E-state index contributed by atoms with van der Waals surface area (Å²) in [6.45, 7) is 4.82. The van der Waals surface area contributed by atoms with Crippen LogP contribution in [0.25, 0.3) is 11.3 Å². The highest BCUT2D eigenvalue weighted by Gasteiger charge is 2.19. The van der Waals surface area contributed by atoms with Crippen LogP contribution >= 0.6 is 11.6 Å². The number of nitrogens with two attached hydrogens (primary N) is 1. The van der Waals surface area contributed by atoms with Gasteiger partial charge in [-0.1, -0.05) is 35.9 Å². The molecule has 2 aliphatic rings. The monoisotopic (exact) mass is 447 g/mol.